The zero-order valence-corrected chi connectivity index (χ0v) is 13.2. The molecule has 0 bridgehead atoms. The molecule has 0 unspecified atom stereocenters. The van der Waals surface area contributed by atoms with Crippen molar-refractivity contribution < 1.29 is 0 Å². The van der Waals surface area contributed by atoms with Gasteiger partial charge in [-0.1, -0.05) is 49.6 Å². The van der Waals surface area contributed by atoms with Gasteiger partial charge in [-0.3, -0.25) is 0 Å². The summed E-state index contributed by atoms with van der Waals surface area (Å²) in [5, 5.41) is 1.41. The van der Waals surface area contributed by atoms with E-state index in [1.165, 1.54) is 54.1 Å². The second-order valence-electron chi connectivity index (χ2n) is 5.83. The Bertz CT molecular complexity index is 574. The summed E-state index contributed by atoms with van der Waals surface area (Å²) in [5.74, 6) is 0. The van der Waals surface area contributed by atoms with Gasteiger partial charge in [-0.15, -0.1) is 0 Å². The summed E-state index contributed by atoms with van der Waals surface area (Å²) in [5.41, 5.74) is 4.35. The topological polar surface area (TPSA) is 4.93 Å². The number of para-hydroxylation sites is 1. The maximum absolute atomic E-state index is 2.43. The summed E-state index contributed by atoms with van der Waals surface area (Å²) in [6.07, 6.45) is 12.3. The fraction of sp³-hybridized carbons (Fsp3) is 0.474. The lowest BCUT2D eigenvalue weighted by molar-refractivity contribution is 0.725. The van der Waals surface area contributed by atoms with Crippen molar-refractivity contribution in [3.63, 3.8) is 0 Å². The third-order valence-electron chi connectivity index (χ3n) is 4.07. The summed E-state index contributed by atoms with van der Waals surface area (Å²) in [6.45, 7) is 4.54. The Labute approximate surface area is 123 Å². The third kappa shape index (κ3) is 3.75. The lowest BCUT2D eigenvalue weighted by Crippen LogP contribution is -1.86. The number of unbranched alkanes of at least 4 members (excludes halogenated alkanes) is 3. The van der Waals surface area contributed by atoms with Crippen LogP contribution in [-0.4, -0.2) is 4.57 Å². The van der Waals surface area contributed by atoms with E-state index in [-0.39, 0.29) is 0 Å². The van der Waals surface area contributed by atoms with Crippen molar-refractivity contribution in [1.82, 2.24) is 4.57 Å². The Morgan fingerprint density at radius 2 is 2.00 bits per heavy atom. The van der Waals surface area contributed by atoms with Crippen molar-refractivity contribution in [1.29, 1.82) is 0 Å². The number of hydrogen-bond donors (Lipinski definition) is 0. The van der Waals surface area contributed by atoms with E-state index in [4.69, 9.17) is 0 Å². The molecule has 1 aromatic carbocycles. The standard InChI is InChI=1S/C19H27N/c1-4-5-6-7-10-16(2)13-14-17-15-20(3)19-12-9-8-11-18(17)19/h8-12,15H,4-7,13-14H2,1-3H3/b16-10+. The second-order valence-corrected chi connectivity index (χ2v) is 5.83. The second kappa shape index (κ2) is 7.33. The fourth-order valence-corrected chi connectivity index (χ4v) is 2.80. The highest BCUT2D eigenvalue weighted by Gasteiger charge is 2.05. The third-order valence-corrected chi connectivity index (χ3v) is 4.07. The van der Waals surface area contributed by atoms with Crippen LogP contribution in [0.2, 0.25) is 0 Å². The summed E-state index contributed by atoms with van der Waals surface area (Å²) in [7, 11) is 2.14. The maximum Gasteiger partial charge on any atom is 0.0480 e. The zero-order valence-electron chi connectivity index (χ0n) is 13.2. The van der Waals surface area contributed by atoms with Crippen LogP contribution in [0.3, 0.4) is 0 Å². The Kier molecular flexibility index (Phi) is 5.46. The highest BCUT2D eigenvalue weighted by molar-refractivity contribution is 5.83. The smallest absolute Gasteiger partial charge is 0.0480 e. The monoisotopic (exact) mass is 269 g/mol. The van der Waals surface area contributed by atoms with Crippen molar-refractivity contribution in [3.05, 3.63) is 47.7 Å². The van der Waals surface area contributed by atoms with E-state index >= 15 is 0 Å². The minimum Gasteiger partial charge on any atom is -0.350 e. The fourth-order valence-electron chi connectivity index (χ4n) is 2.80. The van der Waals surface area contributed by atoms with Crippen LogP contribution in [0, 0.1) is 0 Å². The van der Waals surface area contributed by atoms with Crippen molar-refractivity contribution >= 4 is 10.9 Å². The summed E-state index contributed by atoms with van der Waals surface area (Å²) < 4.78 is 2.24. The van der Waals surface area contributed by atoms with E-state index in [0.717, 1.165) is 6.42 Å². The molecular weight excluding hydrogens is 242 g/mol. The number of rotatable bonds is 7. The number of hydrogen-bond acceptors (Lipinski definition) is 0. The molecule has 1 heteroatoms. The van der Waals surface area contributed by atoms with E-state index < -0.39 is 0 Å². The minimum atomic E-state index is 1.15. The summed E-state index contributed by atoms with van der Waals surface area (Å²) in [6, 6.07) is 8.70. The van der Waals surface area contributed by atoms with Gasteiger partial charge in [0.05, 0.1) is 0 Å². The first-order chi connectivity index (χ1) is 9.72. The number of aryl methyl sites for hydroxylation is 2. The average Bonchev–Trinajstić information content (AvgIpc) is 2.79. The van der Waals surface area contributed by atoms with Gasteiger partial charge >= 0.3 is 0 Å². The summed E-state index contributed by atoms with van der Waals surface area (Å²) in [4.78, 5) is 0. The molecule has 0 aliphatic rings. The molecule has 0 radical (unpaired) electrons. The summed E-state index contributed by atoms with van der Waals surface area (Å²) >= 11 is 0. The SMILES string of the molecule is CCCCC/C=C(\C)CCc1cn(C)c2ccccc12. The Hall–Kier alpha value is -1.50. The number of benzene rings is 1. The molecule has 0 N–H and O–H groups in total. The first-order valence-electron chi connectivity index (χ1n) is 7.91. The van der Waals surface area contributed by atoms with E-state index in [0.29, 0.717) is 0 Å². The van der Waals surface area contributed by atoms with Crippen LogP contribution in [-0.2, 0) is 13.5 Å². The van der Waals surface area contributed by atoms with Gasteiger partial charge in [0.25, 0.3) is 0 Å². The van der Waals surface area contributed by atoms with Crippen LogP contribution in [0.5, 0.6) is 0 Å². The van der Waals surface area contributed by atoms with E-state index in [1.54, 1.807) is 0 Å². The van der Waals surface area contributed by atoms with Crippen molar-refractivity contribution in [2.45, 2.75) is 52.4 Å². The van der Waals surface area contributed by atoms with Gasteiger partial charge in [0.1, 0.15) is 0 Å². The van der Waals surface area contributed by atoms with Crippen LogP contribution in [0.15, 0.2) is 42.1 Å². The van der Waals surface area contributed by atoms with Gasteiger partial charge < -0.3 is 4.57 Å². The largest absolute Gasteiger partial charge is 0.350 e. The van der Waals surface area contributed by atoms with Gasteiger partial charge in [0.2, 0.25) is 0 Å². The van der Waals surface area contributed by atoms with E-state index in [1.807, 2.05) is 0 Å². The lowest BCUT2D eigenvalue weighted by Gasteiger charge is -2.02. The molecule has 108 valence electrons. The minimum absolute atomic E-state index is 1.15. The molecule has 0 saturated heterocycles. The number of nitrogens with zero attached hydrogens (tertiary/aromatic N) is 1. The molecular formula is C19H27N. The molecule has 2 rings (SSSR count). The highest BCUT2D eigenvalue weighted by Crippen LogP contribution is 2.22. The molecule has 0 spiro atoms. The van der Waals surface area contributed by atoms with Crippen LogP contribution < -0.4 is 0 Å². The van der Waals surface area contributed by atoms with E-state index in [2.05, 4.69) is 62.0 Å². The van der Waals surface area contributed by atoms with Crippen LogP contribution in [0.25, 0.3) is 10.9 Å². The van der Waals surface area contributed by atoms with Gasteiger partial charge in [0.15, 0.2) is 0 Å². The quantitative estimate of drug-likeness (QED) is 0.453. The lowest BCUT2D eigenvalue weighted by atomic mass is 10.0. The Morgan fingerprint density at radius 3 is 2.80 bits per heavy atom. The number of aromatic nitrogens is 1. The van der Waals surface area contributed by atoms with Crippen LogP contribution >= 0.6 is 0 Å². The molecule has 0 amide bonds. The molecule has 1 heterocycles. The molecule has 2 aromatic rings. The zero-order chi connectivity index (χ0) is 14.4. The normalized spacial score (nSPS) is 12.2. The molecule has 0 aliphatic carbocycles. The Morgan fingerprint density at radius 1 is 1.20 bits per heavy atom. The average molecular weight is 269 g/mol. The molecule has 0 aliphatic heterocycles. The molecule has 0 atom stereocenters. The van der Waals surface area contributed by atoms with Crippen LogP contribution in [0.4, 0.5) is 0 Å². The van der Waals surface area contributed by atoms with Gasteiger partial charge in [-0.05, 0) is 44.2 Å². The molecule has 0 fully saturated rings. The number of fused-ring (bicyclic) bond motifs is 1. The van der Waals surface area contributed by atoms with Crippen molar-refractivity contribution in [2.75, 3.05) is 0 Å². The molecule has 1 nitrogen and oxygen atoms in total. The van der Waals surface area contributed by atoms with Crippen molar-refractivity contribution in [2.24, 2.45) is 7.05 Å². The van der Waals surface area contributed by atoms with Crippen LogP contribution in [0.1, 0.15) is 51.5 Å². The number of allylic oxidation sites excluding steroid dienone is 2. The molecule has 20 heavy (non-hydrogen) atoms. The first-order valence-corrected chi connectivity index (χ1v) is 7.91. The van der Waals surface area contributed by atoms with E-state index in [9.17, 15) is 0 Å². The molecule has 1 aromatic heterocycles. The predicted octanol–water partition coefficient (Wildman–Crippen LogP) is 5.64. The molecule has 0 saturated carbocycles. The maximum atomic E-state index is 2.43. The van der Waals surface area contributed by atoms with Gasteiger partial charge in [-0.25, -0.2) is 0 Å². The highest BCUT2D eigenvalue weighted by atomic mass is 14.9. The van der Waals surface area contributed by atoms with Gasteiger partial charge in [-0.2, -0.15) is 0 Å². The Balaban J connectivity index is 1.96. The van der Waals surface area contributed by atoms with Crippen molar-refractivity contribution in [3.8, 4) is 0 Å². The first kappa shape index (κ1) is 14.9. The van der Waals surface area contributed by atoms with Gasteiger partial charge in [0, 0.05) is 24.1 Å². The predicted molar refractivity (Wildman–Crippen MR) is 89.1 cm³/mol.